The summed E-state index contributed by atoms with van der Waals surface area (Å²) in [6.07, 6.45) is 1.56. The maximum Gasteiger partial charge on any atom is 0.259 e. The van der Waals surface area contributed by atoms with Gasteiger partial charge >= 0.3 is 0 Å². The number of nitrogen functional groups attached to an aromatic ring is 1. The van der Waals surface area contributed by atoms with Gasteiger partial charge in [0.1, 0.15) is 0 Å². The van der Waals surface area contributed by atoms with Crippen LogP contribution in [0.2, 0.25) is 0 Å². The molecule has 0 radical (unpaired) electrons. The van der Waals surface area contributed by atoms with Gasteiger partial charge in [-0.05, 0) is 42.3 Å². The fourth-order valence-electron chi connectivity index (χ4n) is 1.80. The number of carbonyl (C=O) groups excluding carboxylic acids is 1. The molecular formula is C16H18N4O. The van der Waals surface area contributed by atoms with E-state index in [9.17, 15) is 4.79 Å². The molecular weight excluding hydrogens is 264 g/mol. The van der Waals surface area contributed by atoms with Crippen molar-refractivity contribution in [1.29, 1.82) is 0 Å². The number of hydrogen-bond donors (Lipinski definition) is 3. The van der Waals surface area contributed by atoms with Crippen molar-refractivity contribution in [2.45, 2.75) is 6.92 Å². The van der Waals surface area contributed by atoms with Crippen LogP contribution in [0.15, 0.2) is 53.6 Å². The molecule has 0 fully saturated rings. The first kappa shape index (κ1) is 14.6. The Balaban J connectivity index is 1.80. The molecule has 0 aliphatic heterocycles. The standard InChI is InChI=1S/C16H18N4O/c1-12-4-2-7-15(8-12)18-11-16(21)20-19-10-13-5-3-6-14(17)9-13/h2-10,18H,11,17H2,1H3,(H,20,21)/b19-10+. The summed E-state index contributed by atoms with van der Waals surface area (Å²) in [4.78, 5) is 11.6. The van der Waals surface area contributed by atoms with Gasteiger partial charge < -0.3 is 11.1 Å². The van der Waals surface area contributed by atoms with Gasteiger partial charge in [-0.15, -0.1) is 0 Å². The van der Waals surface area contributed by atoms with Crippen molar-refractivity contribution in [1.82, 2.24) is 5.43 Å². The first-order chi connectivity index (χ1) is 10.1. The minimum absolute atomic E-state index is 0.164. The largest absolute Gasteiger partial charge is 0.399 e. The lowest BCUT2D eigenvalue weighted by molar-refractivity contribution is -0.119. The van der Waals surface area contributed by atoms with Crippen molar-refractivity contribution < 1.29 is 4.79 Å². The van der Waals surface area contributed by atoms with Gasteiger partial charge in [0.05, 0.1) is 12.8 Å². The molecule has 2 rings (SSSR count). The smallest absolute Gasteiger partial charge is 0.259 e. The summed E-state index contributed by atoms with van der Waals surface area (Å²) in [5.74, 6) is -0.211. The molecule has 0 aliphatic rings. The second kappa shape index (κ2) is 7.09. The molecule has 0 aliphatic carbocycles. The van der Waals surface area contributed by atoms with E-state index in [1.54, 1.807) is 18.3 Å². The summed E-state index contributed by atoms with van der Waals surface area (Å²) in [6, 6.07) is 15.1. The van der Waals surface area contributed by atoms with E-state index in [1.807, 2.05) is 43.3 Å². The third-order valence-electron chi connectivity index (χ3n) is 2.78. The van der Waals surface area contributed by atoms with Crippen molar-refractivity contribution >= 4 is 23.5 Å². The number of benzene rings is 2. The lowest BCUT2D eigenvalue weighted by Crippen LogP contribution is -2.25. The summed E-state index contributed by atoms with van der Waals surface area (Å²) in [6.45, 7) is 2.17. The zero-order valence-electron chi connectivity index (χ0n) is 11.8. The van der Waals surface area contributed by atoms with E-state index < -0.39 is 0 Å². The predicted octanol–water partition coefficient (Wildman–Crippen LogP) is 2.14. The summed E-state index contributed by atoms with van der Waals surface area (Å²) in [5, 5.41) is 6.93. The van der Waals surface area contributed by atoms with Crippen LogP contribution >= 0.6 is 0 Å². The van der Waals surface area contributed by atoms with Gasteiger partial charge in [0.15, 0.2) is 0 Å². The number of hydrazone groups is 1. The van der Waals surface area contributed by atoms with Crippen LogP contribution in [-0.4, -0.2) is 18.7 Å². The Kier molecular flexibility index (Phi) is 4.93. The molecule has 0 spiro atoms. The van der Waals surface area contributed by atoms with Gasteiger partial charge in [0, 0.05) is 11.4 Å². The Bertz CT molecular complexity index is 652. The molecule has 108 valence electrons. The molecule has 0 atom stereocenters. The lowest BCUT2D eigenvalue weighted by Gasteiger charge is -2.05. The first-order valence-corrected chi connectivity index (χ1v) is 6.61. The van der Waals surface area contributed by atoms with Crippen LogP contribution in [0.4, 0.5) is 11.4 Å². The van der Waals surface area contributed by atoms with Crippen molar-refractivity contribution in [3.05, 3.63) is 59.7 Å². The van der Waals surface area contributed by atoms with Crippen LogP contribution < -0.4 is 16.5 Å². The summed E-state index contributed by atoms with van der Waals surface area (Å²) >= 11 is 0. The molecule has 4 N–H and O–H groups in total. The molecule has 1 amide bonds. The van der Waals surface area contributed by atoms with Gasteiger partial charge in [-0.2, -0.15) is 5.10 Å². The molecule has 2 aromatic rings. The Morgan fingerprint density at radius 1 is 1.24 bits per heavy atom. The molecule has 0 aromatic heterocycles. The van der Waals surface area contributed by atoms with E-state index in [1.165, 1.54) is 0 Å². The minimum Gasteiger partial charge on any atom is -0.399 e. The normalized spacial score (nSPS) is 10.5. The van der Waals surface area contributed by atoms with Gasteiger partial charge in [0.25, 0.3) is 5.91 Å². The zero-order chi connectivity index (χ0) is 15.1. The van der Waals surface area contributed by atoms with Crippen molar-refractivity contribution in [3.8, 4) is 0 Å². The van der Waals surface area contributed by atoms with E-state index in [2.05, 4.69) is 15.8 Å². The Labute approximate surface area is 123 Å². The second-order valence-corrected chi connectivity index (χ2v) is 4.69. The molecule has 0 heterocycles. The van der Waals surface area contributed by atoms with Gasteiger partial charge in [0.2, 0.25) is 0 Å². The van der Waals surface area contributed by atoms with Crippen LogP contribution in [0.3, 0.4) is 0 Å². The molecule has 21 heavy (non-hydrogen) atoms. The third-order valence-corrected chi connectivity index (χ3v) is 2.78. The number of aryl methyl sites for hydroxylation is 1. The highest BCUT2D eigenvalue weighted by Crippen LogP contribution is 2.08. The number of hydrogen-bond acceptors (Lipinski definition) is 4. The number of nitrogens with zero attached hydrogens (tertiary/aromatic N) is 1. The molecule has 5 nitrogen and oxygen atoms in total. The Morgan fingerprint density at radius 2 is 2.05 bits per heavy atom. The zero-order valence-corrected chi connectivity index (χ0v) is 11.8. The van der Waals surface area contributed by atoms with Crippen LogP contribution in [0, 0.1) is 6.92 Å². The van der Waals surface area contributed by atoms with E-state index in [0.29, 0.717) is 5.69 Å². The van der Waals surface area contributed by atoms with Crippen molar-refractivity contribution in [3.63, 3.8) is 0 Å². The monoisotopic (exact) mass is 282 g/mol. The molecule has 0 bridgehead atoms. The topological polar surface area (TPSA) is 79.5 Å². The number of nitrogens with two attached hydrogens (primary N) is 1. The van der Waals surface area contributed by atoms with E-state index >= 15 is 0 Å². The number of rotatable bonds is 5. The first-order valence-electron chi connectivity index (χ1n) is 6.61. The fraction of sp³-hybridized carbons (Fsp3) is 0.125. The predicted molar refractivity (Wildman–Crippen MR) is 86.3 cm³/mol. The number of nitrogens with one attached hydrogen (secondary N) is 2. The Morgan fingerprint density at radius 3 is 2.81 bits per heavy atom. The summed E-state index contributed by atoms with van der Waals surface area (Å²) in [7, 11) is 0. The maximum atomic E-state index is 11.6. The van der Waals surface area contributed by atoms with Gasteiger partial charge in [-0.25, -0.2) is 5.43 Å². The number of amides is 1. The van der Waals surface area contributed by atoms with Crippen LogP contribution in [0.25, 0.3) is 0 Å². The average molecular weight is 282 g/mol. The summed E-state index contributed by atoms with van der Waals surface area (Å²) < 4.78 is 0. The minimum atomic E-state index is -0.211. The SMILES string of the molecule is Cc1cccc(NCC(=O)N/N=C/c2cccc(N)c2)c1. The number of carbonyl (C=O) groups is 1. The lowest BCUT2D eigenvalue weighted by atomic mass is 10.2. The average Bonchev–Trinajstić information content (AvgIpc) is 2.45. The maximum absolute atomic E-state index is 11.6. The molecule has 5 heteroatoms. The third kappa shape index (κ3) is 4.99. The van der Waals surface area contributed by atoms with Crippen LogP contribution in [0.1, 0.15) is 11.1 Å². The fourth-order valence-corrected chi connectivity index (χ4v) is 1.80. The quantitative estimate of drug-likeness (QED) is 0.446. The van der Waals surface area contributed by atoms with Crippen LogP contribution in [0.5, 0.6) is 0 Å². The molecule has 0 saturated carbocycles. The summed E-state index contributed by atoms with van der Waals surface area (Å²) in [5.41, 5.74) is 11.7. The van der Waals surface area contributed by atoms with Crippen LogP contribution in [-0.2, 0) is 4.79 Å². The Hall–Kier alpha value is -2.82. The van der Waals surface area contributed by atoms with Crippen molar-refractivity contribution in [2.24, 2.45) is 5.10 Å². The highest BCUT2D eigenvalue weighted by Gasteiger charge is 1.99. The highest BCUT2D eigenvalue weighted by atomic mass is 16.2. The van der Waals surface area contributed by atoms with Gasteiger partial charge in [-0.1, -0.05) is 24.3 Å². The van der Waals surface area contributed by atoms with Gasteiger partial charge in [-0.3, -0.25) is 4.79 Å². The van der Waals surface area contributed by atoms with Crippen molar-refractivity contribution in [2.75, 3.05) is 17.6 Å². The highest BCUT2D eigenvalue weighted by molar-refractivity contribution is 5.84. The molecule has 0 unspecified atom stereocenters. The molecule has 2 aromatic carbocycles. The second-order valence-electron chi connectivity index (χ2n) is 4.69. The van der Waals surface area contributed by atoms with E-state index in [-0.39, 0.29) is 12.5 Å². The van der Waals surface area contributed by atoms with E-state index in [4.69, 9.17) is 5.73 Å². The number of anilines is 2. The van der Waals surface area contributed by atoms with E-state index in [0.717, 1.165) is 16.8 Å². The molecule has 0 saturated heterocycles.